The maximum Gasteiger partial charge on any atom is 0.191 e. The number of hydrogen-bond donors (Lipinski definition) is 1. The van der Waals surface area contributed by atoms with Gasteiger partial charge in [0, 0.05) is 6.42 Å². The van der Waals surface area contributed by atoms with Crippen molar-refractivity contribution >= 4 is 11.7 Å². The van der Waals surface area contributed by atoms with Crippen LogP contribution in [0.15, 0.2) is 11.3 Å². The van der Waals surface area contributed by atoms with E-state index in [4.69, 9.17) is 10.00 Å². The van der Waals surface area contributed by atoms with Crippen molar-refractivity contribution in [2.24, 2.45) is 4.99 Å². The SMILES string of the molecule is CCCCCCCC(=Nc1nc[nH]c1C#N)OC. The Morgan fingerprint density at radius 1 is 1.44 bits per heavy atom. The van der Waals surface area contributed by atoms with Crippen molar-refractivity contribution in [2.75, 3.05) is 7.11 Å². The zero-order valence-electron chi connectivity index (χ0n) is 11.1. The zero-order chi connectivity index (χ0) is 13.2. The van der Waals surface area contributed by atoms with E-state index in [1.807, 2.05) is 6.07 Å². The van der Waals surface area contributed by atoms with Crippen molar-refractivity contribution < 1.29 is 4.74 Å². The van der Waals surface area contributed by atoms with Gasteiger partial charge in [-0.05, 0) is 6.42 Å². The molecule has 5 nitrogen and oxygen atoms in total. The molecule has 0 spiro atoms. The van der Waals surface area contributed by atoms with E-state index in [0.717, 1.165) is 12.8 Å². The lowest BCUT2D eigenvalue weighted by atomic mass is 10.1. The summed E-state index contributed by atoms with van der Waals surface area (Å²) in [7, 11) is 1.60. The molecule has 1 aromatic rings. The fraction of sp³-hybridized carbons (Fsp3) is 0.615. The van der Waals surface area contributed by atoms with Crippen LogP contribution in [0.5, 0.6) is 0 Å². The normalized spacial score (nSPS) is 11.3. The Morgan fingerprint density at radius 3 is 2.89 bits per heavy atom. The second-order valence-corrected chi connectivity index (χ2v) is 4.09. The van der Waals surface area contributed by atoms with Crippen LogP contribution in [0.25, 0.3) is 0 Å². The van der Waals surface area contributed by atoms with Crippen LogP contribution >= 0.6 is 0 Å². The highest BCUT2D eigenvalue weighted by molar-refractivity contribution is 5.79. The molecule has 18 heavy (non-hydrogen) atoms. The van der Waals surface area contributed by atoms with Crippen LogP contribution in [0.3, 0.4) is 0 Å². The minimum absolute atomic E-state index is 0.371. The molecule has 0 aliphatic rings. The van der Waals surface area contributed by atoms with E-state index in [9.17, 15) is 0 Å². The molecule has 1 aromatic heterocycles. The summed E-state index contributed by atoms with van der Waals surface area (Å²) in [6.45, 7) is 2.20. The molecule has 5 heteroatoms. The van der Waals surface area contributed by atoms with E-state index in [-0.39, 0.29) is 0 Å². The Kier molecular flexibility index (Phi) is 6.55. The van der Waals surface area contributed by atoms with Gasteiger partial charge in [-0.3, -0.25) is 0 Å². The summed E-state index contributed by atoms with van der Waals surface area (Å²) in [6, 6.07) is 2.01. The summed E-state index contributed by atoms with van der Waals surface area (Å²) in [5.74, 6) is 1.04. The number of hydrogen-bond acceptors (Lipinski definition) is 4. The molecule has 0 atom stereocenters. The van der Waals surface area contributed by atoms with Gasteiger partial charge in [0.2, 0.25) is 0 Å². The van der Waals surface area contributed by atoms with Gasteiger partial charge in [0.1, 0.15) is 6.07 Å². The predicted octanol–water partition coefficient (Wildman–Crippen LogP) is 3.32. The van der Waals surface area contributed by atoms with Crippen LogP contribution < -0.4 is 0 Å². The average Bonchev–Trinajstić information content (AvgIpc) is 2.84. The van der Waals surface area contributed by atoms with E-state index in [1.165, 1.54) is 32.0 Å². The molecule has 1 heterocycles. The summed E-state index contributed by atoms with van der Waals surface area (Å²) < 4.78 is 5.22. The molecule has 0 aliphatic carbocycles. The molecule has 1 N–H and O–H groups in total. The van der Waals surface area contributed by atoms with E-state index in [0.29, 0.717) is 17.4 Å². The van der Waals surface area contributed by atoms with E-state index in [2.05, 4.69) is 21.9 Å². The van der Waals surface area contributed by atoms with E-state index >= 15 is 0 Å². The number of nitrogens with one attached hydrogen (secondary N) is 1. The van der Waals surface area contributed by atoms with Gasteiger partial charge in [0.05, 0.1) is 13.4 Å². The number of aromatic amines is 1. The third-order valence-corrected chi connectivity index (χ3v) is 2.69. The lowest BCUT2D eigenvalue weighted by Gasteiger charge is -2.04. The van der Waals surface area contributed by atoms with Crippen LogP contribution in [-0.2, 0) is 4.74 Å². The van der Waals surface area contributed by atoms with Gasteiger partial charge in [-0.25, -0.2) is 4.98 Å². The molecule has 0 amide bonds. The van der Waals surface area contributed by atoms with Crippen molar-refractivity contribution in [3.8, 4) is 6.07 Å². The van der Waals surface area contributed by atoms with Crippen molar-refractivity contribution in [2.45, 2.75) is 45.4 Å². The second kappa shape index (κ2) is 8.29. The second-order valence-electron chi connectivity index (χ2n) is 4.09. The molecule has 0 fully saturated rings. The number of rotatable bonds is 7. The van der Waals surface area contributed by atoms with Gasteiger partial charge in [-0.2, -0.15) is 10.3 Å². The highest BCUT2D eigenvalue weighted by atomic mass is 16.5. The molecule has 0 unspecified atom stereocenters. The first-order valence-corrected chi connectivity index (χ1v) is 6.36. The fourth-order valence-corrected chi connectivity index (χ4v) is 1.66. The molecular weight excluding hydrogens is 228 g/mol. The number of imidazole rings is 1. The standard InChI is InChI=1S/C13H20N4O/c1-3-4-5-6-7-8-12(18-2)17-13-11(9-14)15-10-16-13/h10H,3-8H2,1-2H3,(H,15,16). The quantitative estimate of drug-likeness (QED) is 0.457. The highest BCUT2D eigenvalue weighted by Crippen LogP contribution is 2.14. The first-order valence-electron chi connectivity index (χ1n) is 6.36. The number of methoxy groups -OCH3 is 1. The topological polar surface area (TPSA) is 74.1 Å². The molecule has 1 rings (SSSR count). The fourth-order valence-electron chi connectivity index (χ4n) is 1.66. The first kappa shape index (κ1) is 14.2. The lowest BCUT2D eigenvalue weighted by Crippen LogP contribution is -2.01. The Bertz CT molecular complexity index is 417. The van der Waals surface area contributed by atoms with Gasteiger partial charge >= 0.3 is 0 Å². The number of nitriles is 1. The Morgan fingerprint density at radius 2 is 2.22 bits per heavy atom. The number of ether oxygens (including phenoxy) is 1. The molecular formula is C13H20N4O. The Hall–Kier alpha value is -1.83. The summed E-state index contributed by atoms with van der Waals surface area (Å²) >= 11 is 0. The molecule has 0 radical (unpaired) electrons. The smallest absolute Gasteiger partial charge is 0.191 e. The number of unbranched alkanes of at least 4 members (excludes halogenated alkanes) is 4. The van der Waals surface area contributed by atoms with Gasteiger partial charge in [-0.15, -0.1) is 0 Å². The average molecular weight is 248 g/mol. The molecule has 0 saturated heterocycles. The molecule has 98 valence electrons. The highest BCUT2D eigenvalue weighted by Gasteiger charge is 2.06. The van der Waals surface area contributed by atoms with Crippen LogP contribution in [0.4, 0.5) is 5.82 Å². The molecule has 0 bridgehead atoms. The maximum absolute atomic E-state index is 8.83. The first-order chi connectivity index (χ1) is 8.81. The summed E-state index contributed by atoms with van der Waals surface area (Å²) in [5.41, 5.74) is 0.371. The largest absolute Gasteiger partial charge is 0.484 e. The molecule has 0 saturated carbocycles. The maximum atomic E-state index is 8.83. The number of aliphatic imine (C=N–C) groups is 1. The third-order valence-electron chi connectivity index (χ3n) is 2.69. The van der Waals surface area contributed by atoms with E-state index < -0.39 is 0 Å². The molecule has 0 aromatic carbocycles. The summed E-state index contributed by atoms with van der Waals surface area (Å²) in [5, 5.41) is 8.83. The summed E-state index contributed by atoms with van der Waals surface area (Å²) in [6.07, 6.45) is 8.26. The van der Waals surface area contributed by atoms with Crippen LogP contribution in [0.1, 0.15) is 51.1 Å². The van der Waals surface area contributed by atoms with Gasteiger partial charge in [0.25, 0.3) is 0 Å². The van der Waals surface area contributed by atoms with Crippen LogP contribution in [-0.4, -0.2) is 23.0 Å². The zero-order valence-corrected chi connectivity index (χ0v) is 11.1. The summed E-state index contributed by atoms with van der Waals surface area (Å²) in [4.78, 5) is 11.0. The van der Waals surface area contributed by atoms with Gasteiger partial charge < -0.3 is 9.72 Å². The van der Waals surface area contributed by atoms with Crippen LogP contribution in [0.2, 0.25) is 0 Å². The van der Waals surface area contributed by atoms with Crippen molar-refractivity contribution in [1.29, 1.82) is 5.26 Å². The molecule has 0 aliphatic heterocycles. The Labute approximate surface area is 108 Å². The predicted molar refractivity (Wildman–Crippen MR) is 70.8 cm³/mol. The Balaban J connectivity index is 2.48. The van der Waals surface area contributed by atoms with E-state index in [1.54, 1.807) is 7.11 Å². The third kappa shape index (κ3) is 4.58. The minimum Gasteiger partial charge on any atom is -0.484 e. The van der Waals surface area contributed by atoms with Crippen molar-refractivity contribution in [3.05, 3.63) is 12.0 Å². The monoisotopic (exact) mass is 248 g/mol. The van der Waals surface area contributed by atoms with Crippen molar-refractivity contribution in [3.63, 3.8) is 0 Å². The van der Waals surface area contributed by atoms with Gasteiger partial charge in [-0.1, -0.05) is 32.6 Å². The van der Waals surface area contributed by atoms with Gasteiger partial charge in [0.15, 0.2) is 17.4 Å². The van der Waals surface area contributed by atoms with Crippen LogP contribution in [0, 0.1) is 11.3 Å². The number of H-pyrrole nitrogens is 1. The van der Waals surface area contributed by atoms with Crippen molar-refractivity contribution in [1.82, 2.24) is 9.97 Å². The minimum atomic E-state index is 0.371. The lowest BCUT2D eigenvalue weighted by molar-refractivity contribution is 0.387. The number of nitrogens with zero attached hydrogens (tertiary/aromatic N) is 3. The number of aromatic nitrogens is 2.